The molecule has 0 radical (unpaired) electrons. The van der Waals surface area contributed by atoms with Crippen molar-refractivity contribution < 1.29 is 14.0 Å². The zero-order valence-corrected chi connectivity index (χ0v) is 18.7. The number of carbonyl (C=O) groups is 2. The second-order valence-corrected chi connectivity index (χ2v) is 9.08. The van der Waals surface area contributed by atoms with Crippen LogP contribution in [-0.2, 0) is 11.2 Å². The van der Waals surface area contributed by atoms with E-state index in [1.54, 1.807) is 12.1 Å². The van der Waals surface area contributed by atoms with Crippen LogP contribution >= 0.6 is 0 Å². The third-order valence-electron chi connectivity index (χ3n) is 6.66. The van der Waals surface area contributed by atoms with Crippen molar-refractivity contribution >= 4 is 17.5 Å². The summed E-state index contributed by atoms with van der Waals surface area (Å²) in [6, 6.07) is 11.8. The smallest absolute Gasteiger partial charge is 0.251 e. The summed E-state index contributed by atoms with van der Waals surface area (Å²) in [4.78, 5) is 28.0. The van der Waals surface area contributed by atoms with Crippen LogP contribution < -0.4 is 15.5 Å². The van der Waals surface area contributed by atoms with Gasteiger partial charge in [-0.25, -0.2) is 4.39 Å². The van der Waals surface area contributed by atoms with Gasteiger partial charge in [0.1, 0.15) is 11.9 Å². The zero-order valence-electron chi connectivity index (χ0n) is 18.7. The maximum Gasteiger partial charge on any atom is 0.251 e. The third kappa shape index (κ3) is 5.47. The lowest BCUT2D eigenvalue weighted by atomic mass is 9.97. The molecule has 6 heteroatoms. The highest BCUT2D eigenvalue weighted by molar-refractivity contribution is 5.97. The molecule has 1 fully saturated rings. The fourth-order valence-electron chi connectivity index (χ4n) is 4.95. The first-order valence-electron chi connectivity index (χ1n) is 11.7. The summed E-state index contributed by atoms with van der Waals surface area (Å²) >= 11 is 0. The number of benzene rings is 2. The topological polar surface area (TPSA) is 61.4 Å². The van der Waals surface area contributed by atoms with Crippen LogP contribution in [0.5, 0.6) is 0 Å². The van der Waals surface area contributed by atoms with Crippen LogP contribution in [0.3, 0.4) is 0 Å². The number of hydrogen-bond donors (Lipinski definition) is 2. The molecule has 2 aliphatic rings. The number of carbonyl (C=O) groups excluding carboxylic acids is 2. The van der Waals surface area contributed by atoms with Crippen LogP contribution in [-0.4, -0.2) is 37.5 Å². The van der Waals surface area contributed by atoms with Gasteiger partial charge in [-0.3, -0.25) is 9.59 Å². The van der Waals surface area contributed by atoms with E-state index in [-0.39, 0.29) is 17.6 Å². The number of rotatable bonds is 8. The molecular weight excluding hydrogens is 405 g/mol. The van der Waals surface area contributed by atoms with Crippen molar-refractivity contribution in [2.24, 2.45) is 5.92 Å². The zero-order chi connectivity index (χ0) is 22.5. The minimum Gasteiger partial charge on any atom is -0.369 e. The fraction of sp³-hybridized carbons (Fsp3) is 0.462. The van der Waals surface area contributed by atoms with Gasteiger partial charge in [0.25, 0.3) is 5.91 Å². The second kappa shape index (κ2) is 10.2. The van der Waals surface area contributed by atoms with Gasteiger partial charge in [-0.05, 0) is 61.6 Å². The fourth-order valence-corrected chi connectivity index (χ4v) is 4.95. The number of anilines is 1. The quantitative estimate of drug-likeness (QED) is 0.656. The van der Waals surface area contributed by atoms with Gasteiger partial charge in [-0.2, -0.15) is 0 Å². The van der Waals surface area contributed by atoms with Gasteiger partial charge in [-0.1, -0.05) is 43.4 Å². The van der Waals surface area contributed by atoms with Crippen molar-refractivity contribution in [3.63, 3.8) is 0 Å². The Morgan fingerprint density at radius 2 is 1.97 bits per heavy atom. The molecule has 1 aliphatic carbocycles. The Morgan fingerprint density at radius 3 is 2.75 bits per heavy atom. The number of aryl methyl sites for hydroxylation is 1. The maximum atomic E-state index is 13.4. The molecule has 0 saturated heterocycles. The molecule has 2 aromatic rings. The van der Waals surface area contributed by atoms with E-state index < -0.39 is 6.04 Å². The predicted molar refractivity (Wildman–Crippen MR) is 124 cm³/mol. The largest absolute Gasteiger partial charge is 0.369 e. The van der Waals surface area contributed by atoms with Crippen LogP contribution in [0, 0.1) is 18.7 Å². The molecule has 1 heterocycles. The van der Waals surface area contributed by atoms with Crippen LogP contribution in [0.2, 0.25) is 0 Å². The molecule has 5 nitrogen and oxygen atoms in total. The summed E-state index contributed by atoms with van der Waals surface area (Å²) in [7, 11) is 0. The van der Waals surface area contributed by atoms with Gasteiger partial charge in [-0.15, -0.1) is 0 Å². The van der Waals surface area contributed by atoms with Gasteiger partial charge in [0, 0.05) is 30.9 Å². The number of amides is 2. The molecular formula is C26H32FN3O2. The van der Waals surface area contributed by atoms with Crippen molar-refractivity contribution in [1.82, 2.24) is 10.6 Å². The van der Waals surface area contributed by atoms with E-state index in [2.05, 4.69) is 15.5 Å². The molecule has 1 unspecified atom stereocenters. The molecule has 2 N–H and O–H groups in total. The van der Waals surface area contributed by atoms with Crippen LogP contribution in [0.25, 0.3) is 0 Å². The average molecular weight is 438 g/mol. The van der Waals surface area contributed by atoms with E-state index >= 15 is 0 Å². The molecule has 2 amide bonds. The highest BCUT2D eigenvalue weighted by atomic mass is 19.1. The van der Waals surface area contributed by atoms with E-state index in [1.807, 2.05) is 31.2 Å². The normalized spacial score (nSPS) is 16.6. The highest BCUT2D eigenvalue weighted by Crippen LogP contribution is 2.29. The van der Waals surface area contributed by atoms with Crippen LogP contribution in [0.4, 0.5) is 10.1 Å². The van der Waals surface area contributed by atoms with Crippen molar-refractivity contribution in [1.29, 1.82) is 0 Å². The molecule has 0 bridgehead atoms. The van der Waals surface area contributed by atoms with Crippen molar-refractivity contribution in [2.45, 2.75) is 51.5 Å². The van der Waals surface area contributed by atoms with Gasteiger partial charge in [0.15, 0.2) is 0 Å². The number of fused-ring (bicyclic) bond motifs is 1. The molecule has 170 valence electrons. The number of nitrogens with one attached hydrogen (secondary N) is 2. The van der Waals surface area contributed by atoms with Gasteiger partial charge in [0.05, 0.1) is 0 Å². The van der Waals surface area contributed by atoms with Gasteiger partial charge < -0.3 is 15.5 Å². The van der Waals surface area contributed by atoms with E-state index in [4.69, 9.17) is 0 Å². The second-order valence-electron chi connectivity index (χ2n) is 9.08. The van der Waals surface area contributed by atoms with E-state index in [1.165, 1.54) is 18.9 Å². The maximum absolute atomic E-state index is 13.4. The lowest BCUT2D eigenvalue weighted by Crippen LogP contribution is -2.49. The molecule has 1 saturated carbocycles. The Balaban J connectivity index is 1.35. The highest BCUT2D eigenvalue weighted by Gasteiger charge is 2.27. The summed E-state index contributed by atoms with van der Waals surface area (Å²) in [6.45, 7) is 3.91. The number of halogens is 1. The SMILES string of the molecule is Cc1cccc(C(=O)NC(CC2CCCC2)C(=O)NCCN2CCc3cc(F)ccc32)c1. The Bertz CT molecular complexity index is 971. The summed E-state index contributed by atoms with van der Waals surface area (Å²) in [5.74, 6) is -0.0688. The number of nitrogens with zero attached hydrogens (tertiary/aromatic N) is 1. The Kier molecular flexibility index (Phi) is 7.08. The van der Waals surface area contributed by atoms with E-state index in [9.17, 15) is 14.0 Å². The molecule has 0 aromatic heterocycles. The molecule has 2 aromatic carbocycles. The summed E-state index contributed by atoms with van der Waals surface area (Å²) < 4.78 is 13.4. The lowest BCUT2D eigenvalue weighted by Gasteiger charge is -2.23. The van der Waals surface area contributed by atoms with E-state index in [0.717, 1.165) is 42.6 Å². The molecule has 0 spiro atoms. The first-order chi connectivity index (χ1) is 15.5. The average Bonchev–Trinajstić information content (AvgIpc) is 3.43. The van der Waals surface area contributed by atoms with Gasteiger partial charge >= 0.3 is 0 Å². The van der Waals surface area contributed by atoms with Crippen molar-refractivity contribution in [3.05, 3.63) is 65.0 Å². The Labute approximate surface area is 189 Å². The van der Waals surface area contributed by atoms with Crippen LogP contribution in [0.15, 0.2) is 42.5 Å². The molecule has 32 heavy (non-hydrogen) atoms. The monoisotopic (exact) mass is 437 g/mol. The van der Waals surface area contributed by atoms with Crippen molar-refractivity contribution in [2.75, 3.05) is 24.5 Å². The number of hydrogen-bond acceptors (Lipinski definition) is 3. The summed E-state index contributed by atoms with van der Waals surface area (Å²) in [5.41, 5.74) is 3.65. The predicted octanol–water partition coefficient (Wildman–Crippen LogP) is 3.99. The van der Waals surface area contributed by atoms with Crippen LogP contribution in [0.1, 0.15) is 53.6 Å². The molecule has 1 atom stereocenters. The first-order valence-corrected chi connectivity index (χ1v) is 11.7. The minimum absolute atomic E-state index is 0.128. The summed E-state index contributed by atoms with van der Waals surface area (Å²) in [6.07, 6.45) is 6.11. The molecule has 4 rings (SSSR count). The van der Waals surface area contributed by atoms with Gasteiger partial charge in [0.2, 0.25) is 5.91 Å². The minimum atomic E-state index is -0.536. The van der Waals surface area contributed by atoms with E-state index in [0.29, 0.717) is 31.0 Å². The summed E-state index contributed by atoms with van der Waals surface area (Å²) in [5, 5.41) is 6.01. The standard InChI is InChI=1S/C26H32FN3O2/c1-18-5-4-8-21(15-18)25(31)29-23(16-19-6-2-3-7-19)26(32)28-12-14-30-13-11-20-17-22(27)9-10-24(20)30/h4-5,8-10,15,17,19,23H,2-3,6-7,11-14,16H2,1H3,(H,28,32)(H,29,31). The van der Waals surface area contributed by atoms with Crippen molar-refractivity contribution in [3.8, 4) is 0 Å². The first kappa shape index (κ1) is 22.3. The Morgan fingerprint density at radius 1 is 1.16 bits per heavy atom. The third-order valence-corrected chi connectivity index (χ3v) is 6.66. The molecule has 1 aliphatic heterocycles. The lowest BCUT2D eigenvalue weighted by molar-refractivity contribution is -0.123. The Hall–Kier alpha value is -2.89.